The molecular formula is C16H18O4. The van der Waals surface area contributed by atoms with Gasteiger partial charge in [0.1, 0.15) is 12.4 Å². The topological polar surface area (TPSA) is 52.6 Å². The molecule has 0 unspecified atom stereocenters. The Labute approximate surface area is 118 Å². The van der Waals surface area contributed by atoms with Gasteiger partial charge in [-0.25, -0.2) is 9.59 Å². The first kappa shape index (κ1) is 15.7. The van der Waals surface area contributed by atoms with Gasteiger partial charge in [-0.05, 0) is 32.4 Å². The Bertz CT molecular complexity index is 570. The van der Waals surface area contributed by atoms with Gasteiger partial charge in [-0.1, -0.05) is 25.3 Å². The molecule has 1 rings (SSSR count). The van der Waals surface area contributed by atoms with Gasteiger partial charge in [-0.2, -0.15) is 0 Å². The van der Waals surface area contributed by atoms with Crippen LogP contribution in [-0.2, 0) is 20.9 Å². The van der Waals surface area contributed by atoms with Crippen molar-refractivity contribution in [1.82, 2.24) is 0 Å². The molecular weight excluding hydrogens is 256 g/mol. The lowest BCUT2D eigenvalue weighted by Crippen LogP contribution is -2.11. The fraction of sp³-hybridized carbons (Fsp3) is 0.250. The second-order valence-corrected chi connectivity index (χ2v) is 4.64. The zero-order valence-electron chi connectivity index (χ0n) is 12.0. The summed E-state index contributed by atoms with van der Waals surface area (Å²) in [4.78, 5) is 23.0. The van der Waals surface area contributed by atoms with Gasteiger partial charge in [0.2, 0.25) is 0 Å². The van der Waals surface area contributed by atoms with Crippen molar-refractivity contribution < 1.29 is 19.1 Å². The largest absolute Gasteiger partial charge is 0.457 e. The maximum atomic E-state index is 11.6. The van der Waals surface area contributed by atoms with E-state index in [1.807, 2.05) is 13.0 Å². The summed E-state index contributed by atoms with van der Waals surface area (Å²) >= 11 is 0. The quantitative estimate of drug-likeness (QED) is 0.470. The van der Waals surface area contributed by atoms with Crippen molar-refractivity contribution in [1.29, 1.82) is 0 Å². The Kier molecular flexibility index (Phi) is 5.26. The summed E-state index contributed by atoms with van der Waals surface area (Å²) in [5.41, 5.74) is 2.17. The fourth-order valence-electron chi connectivity index (χ4n) is 1.33. The van der Waals surface area contributed by atoms with E-state index in [4.69, 9.17) is 9.47 Å². The van der Waals surface area contributed by atoms with Gasteiger partial charge in [0.05, 0.1) is 0 Å². The van der Waals surface area contributed by atoms with Gasteiger partial charge >= 0.3 is 11.9 Å². The van der Waals surface area contributed by atoms with Crippen LogP contribution in [0.4, 0.5) is 0 Å². The van der Waals surface area contributed by atoms with Gasteiger partial charge in [0.25, 0.3) is 0 Å². The highest BCUT2D eigenvalue weighted by molar-refractivity contribution is 5.89. The van der Waals surface area contributed by atoms with Gasteiger partial charge in [0, 0.05) is 16.7 Å². The number of hydrogen-bond acceptors (Lipinski definition) is 4. The van der Waals surface area contributed by atoms with Crippen molar-refractivity contribution in [3.63, 3.8) is 0 Å². The van der Waals surface area contributed by atoms with Crippen molar-refractivity contribution in [3.05, 3.63) is 53.6 Å². The van der Waals surface area contributed by atoms with E-state index in [9.17, 15) is 9.59 Å². The molecule has 1 aromatic carbocycles. The summed E-state index contributed by atoms with van der Waals surface area (Å²) in [7, 11) is 0. The number of carbonyl (C=O) groups is 2. The maximum Gasteiger partial charge on any atom is 0.338 e. The molecule has 0 spiro atoms. The highest BCUT2D eigenvalue weighted by Crippen LogP contribution is 2.22. The minimum absolute atomic E-state index is 0.0186. The SMILES string of the molecule is C=C(C)C(=O)OCc1ccc(C)cc1OC(=O)C(=C)C. The Hall–Kier alpha value is -2.36. The summed E-state index contributed by atoms with van der Waals surface area (Å²) in [6, 6.07) is 5.31. The molecule has 106 valence electrons. The molecule has 20 heavy (non-hydrogen) atoms. The number of esters is 2. The van der Waals surface area contributed by atoms with Crippen molar-refractivity contribution in [3.8, 4) is 5.75 Å². The maximum absolute atomic E-state index is 11.6. The molecule has 0 aromatic heterocycles. The number of ether oxygens (including phenoxy) is 2. The molecule has 0 aliphatic heterocycles. The van der Waals surface area contributed by atoms with E-state index in [-0.39, 0.29) is 6.61 Å². The molecule has 1 aromatic rings. The molecule has 4 nitrogen and oxygen atoms in total. The number of carbonyl (C=O) groups excluding carboxylic acids is 2. The fourth-order valence-corrected chi connectivity index (χ4v) is 1.33. The first-order valence-electron chi connectivity index (χ1n) is 6.11. The summed E-state index contributed by atoms with van der Waals surface area (Å²) in [5.74, 6) is -0.627. The third kappa shape index (κ3) is 4.39. The lowest BCUT2D eigenvalue weighted by Gasteiger charge is -2.11. The minimum atomic E-state index is -0.511. The first-order chi connectivity index (χ1) is 9.31. The van der Waals surface area contributed by atoms with E-state index >= 15 is 0 Å². The highest BCUT2D eigenvalue weighted by atomic mass is 16.5. The van der Waals surface area contributed by atoms with Crippen molar-refractivity contribution in [2.75, 3.05) is 0 Å². The molecule has 0 aliphatic rings. The number of aryl methyl sites for hydroxylation is 1. The lowest BCUT2D eigenvalue weighted by atomic mass is 10.1. The second-order valence-electron chi connectivity index (χ2n) is 4.64. The number of hydrogen-bond donors (Lipinski definition) is 0. The minimum Gasteiger partial charge on any atom is -0.457 e. The Balaban J connectivity index is 2.90. The van der Waals surface area contributed by atoms with E-state index < -0.39 is 11.9 Å². The van der Waals surface area contributed by atoms with Crippen LogP contribution in [0.15, 0.2) is 42.5 Å². The number of benzene rings is 1. The first-order valence-corrected chi connectivity index (χ1v) is 6.11. The second kappa shape index (κ2) is 6.70. The normalized spacial score (nSPS) is 9.75. The molecule has 0 atom stereocenters. The van der Waals surface area contributed by atoms with E-state index in [0.29, 0.717) is 22.5 Å². The van der Waals surface area contributed by atoms with Crippen LogP contribution in [0.1, 0.15) is 25.0 Å². The van der Waals surface area contributed by atoms with Crippen molar-refractivity contribution >= 4 is 11.9 Å². The van der Waals surface area contributed by atoms with Crippen molar-refractivity contribution in [2.45, 2.75) is 27.4 Å². The average molecular weight is 274 g/mol. The van der Waals surface area contributed by atoms with Gasteiger partial charge in [0.15, 0.2) is 0 Å². The van der Waals surface area contributed by atoms with Crippen LogP contribution in [-0.4, -0.2) is 11.9 Å². The van der Waals surface area contributed by atoms with Gasteiger partial charge in [-0.3, -0.25) is 0 Å². The number of rotatable bonds is 5. The van der Waals surface area contributed by atoms with Crippen LogP contribution in [0.2, 0.25) is 0 Å². The smallest absolute Gasteiger partial charge is 0.338 e. The molecule has 0 radical (unpaired) electrons. The Morgan fingerprint density at radius 2 is 1.70 bits per heavy atom. The lowest BCUT2D eigenvalue weighted by molar-refractivity contribution is -0.140. The van der Waals surface area contributed by atoms with E-state index in [2.05, 4.69) is 13.2 Å². The average Bonchev–Trinajstić information content (AvgIpc) is 2.37. The molecule has 0 fully saturated rings. The molecule has 4 heteroatoms. The van der Waals surface area contributed by atoms with Crippen LogP contribution in [0.5, 0.6) is 5.75 Å². The Morgan fingerprint density at radius 3 is 2.25 bits per heavy atom. The zero-order valence-corrected chi connectivity index (χ0v) is 12.0. The third-order valence-electron chi connectivity index (χ3n) is 2.48. The molecule has 0 saturated carbocycles. The van der Waals surface area contributed by atoms with Crippen LogP contribution in [0, 0.1) is 6.92 Å². The molecule has 0 saturated heterocycles. The summed E-state index contributed by atoms with van der Waals surface area (Å²) in [5, 5.41) is 0. The van der Waals surface area contributed by atoms with Gasteiger partial charge < -0.3 is 9.47 Å². The highest BCUT2D eigenvalue weighted by Gasteiger charge is 2.12. The summed E-state index contributed by atoms with van der Waals surface area (Å²) in [6.07, 6.45) is 0. The zero-order chi connectivity index (χ0) is 15.3. The van der Waals surface area contributed by atoms with Crippen LogP contribution in [0.25, 0.3) is 0 Å². The molecule has 0 amide bonds. The van der Waals surface area contributed by atoms with E-state index in [1.54, 1.807) is 26.0 Å². The standard InChI is InChI=1S/C16H18O4/c1-10(2)15(17)19-9-13-7-6-12(5)8-14(13)20-16(18)11(3)4/h6-8H,1,3,9H2,2,4-5H3. The van der Waals surface area contributed by atoms with Crippen LogP contribution in [0.3, 0.4) is 0 Å². The van der Waals surface area contributed by atoms with Crippen LogP contribution < -0.4 is 4.74 Å². The molecule has 0 N–H and O–H groups in total. The third-order valence-corrected chi connectivity index (χ3v) is 2.48. The predicted molar refractivity (Wildman–Crippen MR) is 76.2 cm³/mol. The molecule has 0 heterocycles. The molecule has 0 aliphatic carbocycles. The van der Waals surface area contributed by atoms with E-state index in [1.165, 1.54) is 0 Å². The van der Waals surface area contributed by atoms with Crippen LogP contribution >= 0.6 is 0 Å². The van der Waals surface area contributed by atoms with Gasteiger partial charge in [-0.15, -0.1) is 0 Å². The molecule has 0 bridgehead atoms. The van der Waals surface area contributed by atoms with E-state index in [0.717, 1.165) is 5.56 Å². The summed E-state index contributed by atoms with van der Waals surface area (Å²) < 4.78 is 10.3. The summed E-state index contributed by atoms with van der Waals surface area (Å²) in [6.45, 7) is 12.1. The monoisotopic (exact) mass is 274 g/mol. The van der Waals surface area contributed by atoms with Crippen molar-refractivity contribution in [2.24, 2.45) is 0 Å². The predicted octanol–water partition coefficient (Wildman–Crippen LogP) is 3.10. The Morgan fingerprint density at radius 1 is 1.10 bits per heavy atom.